The van der Waals surface area contributed by atoms with Crippen molar-refractivity contribution in [3.05, 3.63) is 6.33 Å². The summed E-state index contributed by atoms with van der Waals surface area (Å²) >= 11 is 0. The van der Waals surface area contributed by atoms with Gasteiger partial charge in [-0.2, -0.15) is 0 Å². The number of hydrogen-bond acceptors (Lipinski definition) is 3. The van der Waals surface area contributed by atoms with E-state index in [-0.39, 0.29) is 5.91 Å². The number of carbonyl (C=O) groups excluding carboxylic acids is 1. The first-order valence-corrected chi connectivity index (χ1v) is 2.54. The SMILES string of the molecule is O=C1Cn2cnnc2N1. The number of carbonyl (C=O) groups is 1. The zero-order valence-corrected chi connectivity index (χ0v) is 4.53. The van der Waals surface area contributed by atoms with Crippen LogP contribution >= 0.6 is 0 Å². The van der Waals surface area contributed by atoms with E-state index in [1.54, 1.807) is 4.57 Å². The summed E-state index contributed by atoms with van der Waals surface area (Å²) in [5, 5.41) is 9.73. The van der Waals surface area contributed by atoms with E-state index in [9.17, 15) is 4.79 Å². The molecule has 0 atom stereocenters. The van der Waals surface area contributed by atoms with E-state index < -0.39 is 0 Å². The third kappa shape index (κ3) is 0.509. The molecule has 0 saturated carbocycles. The summed E-state index contributed by atoms with van der Waals surface area (Å²) in [5.41, 5.74) is 0. The van der Waals surface area contributed by atoms with Crippen LogP contribution in [0.1, 0.15) is 0 Å². The Labute approximate surface area is 50.7 Å². The molecule has 1 N–H and O–H groups in total. The summed E-state index contributed by atoms with van der Waals surface area (Å²) in [6.07, 6.45) is 1.52. The number of nitrogens with one attached hydrogen (secondary N) is 1. The highest BCUT2D eigenvalue weighted by Crippen LogP contribution is 2.07. The molecule has 0 unspecified atom stereocenters. The van der Waals surface area contributed by atoms with Crippen molar-refractivity contribution >= 4 is 11.9 Å². The van der Waals surface area contributed by atoms with E-state index in [0.717, 1.165) is 0 Å². The minimum atomic E-state index is -0.0279. The third-order valence-electron chi connectivity index (χ3n) is 1.18. The van der Waals surface area contributed by atoms with Crippen molar-refractivity contribution in [1.82, 2.24) is 14.8 Å². The molecule has 1 aromatic rings. The molecule has 0 aliphatic carbocycles. The second-order valence-corrected chi connectivity index (χ2v) is 1.83. The Balaban J connectivity index is 2.49. The maximum atomic E-state index is 10.6. The summed E-state index contributed by atoms with van der Waals surface area (Å²) in [4.78, 5) is 10.6. The Morgan fingerprint density at radius 2 is 2.67 bits per heavy atom. The van der Waals surface area contributed by atoms with Gasteiger partial charge in [-0.3, -0.25) is 14.7 Å². The number of nitrogens with zero attached hydrogens (tertiary/aromatic N) is 3. The Kier molecular flexibility index (Phi) is 0.652. The Morgan fingerprint density at radius 3 is 3.44 bits per heavy atom. The van der Waals surface area contributed by atoms with Crippen LogP contribution in [0, 0.1) is 0 Å². The van der Waals surface area contributed by atoms with Gasteiger partial charge in [-0.1, -0.05) is 0 Å². The van der Waals surface area contributed by atoms with Gasteiger partial charge in [-0.05, 0) is 0 Å². The van der Waals surface area contributed by atoms with Crippen molar-refractivity contribution < 1.29 is 4.79 Å². The molecule has 5 heteroatoms. The maximum Gasteiger partial charge on any atom is 0.246 e. The second-order valence-electron chi connectivity index (χ2n) is 1.83. The molecule has 5 nitrogen and oxygen atoms in total. The number of aromatic nitrogens is 3. The zero-order chi connectivity index (χ0) is 6.27. The summed E-state index contributed by atoms with van der Waals surface area (Å²) in [6, 6.07) is 0. The van der Waals surface area contributed by atoms with E-state index in [1.807, 2.05) is 0 Å². The van der Waals surface area contributed by atoms with Gasteiger partial charge in [0, 0.05) is 0 Å². The molecule has 0 spiro atoms. The fourth-order valence-electron chi connectivity index (χ4n) is 0.786. The summed E-state index contributed by atoms with van der Waals surface area (Å²) < 4.78 is 1.66. The van der Waals surface area contributed by atoms with Gasteiger partial charge in [0.05, 0.1) is 0 Å². The average molecular weight is 124 g/mol. The molecule has 0 bridgehead atoms. The Morgan fingerprint density at radius 1 is 1.78 bits per heavy atom. The quantitative estimate of drug-likeness (QED) is 0.494. The molecule has 2 heterocycles. The fourth-order valence-corrected chi connectivity index (χ4v) is 0.786. The molecule has 46 valence electrons. The lowest BCUT2D eigenvalue weighted by Gasteiger charge is -1.82. The van der Waals surface area contributed by atoms with Crippen LogP contribution < -0.4 is 5.32 Å². The number of amides is 1. The molecule has 2 rings (SSSR count). The monoisotopic (exact) mass is 124 g/mol. The van der Waals surface area contributed by atoms with Gasteiger partial charge < -0.3 is 0 Å². The van der Waals surface area contributed by atoms with Crippen molar-refractivity contribution in [2.24, 2.45) is 0 Å². The first kappa shape index (κ1) is 4.49. The van der Waals surface area contributed by atoms with Crippen molar-refractivity contribution in [1.29, 1.82) is 0 Å². The smallest absolute Gasteiger partial charge is 0.246 e. The van der Waals surface area contributed by atoms with E-state index in [1.165, 1.54) is 6.33 Å². The first-order valence-electron chi connectivity index (χ1n) is 2.54. The van der Waals surface area contributed by atoms with Crippen molar-refractivity contribution in [2.75, 3.05) is 5.32 Å². The van der Waals surface area contributed by atoms with Gasteiger partial charge in [0.2, 0.25) is 11.9 Å². The molecule has 0 saturated heterocycles. The van der Waals surface area contributed by atoms with Gasteiger partial charge in [0.1, 0.15) is 12.9 Å². The highest BCUT2D eigenvalue weighted by atomic mass is 16.2. The molecule has 1 amide bonds. The molecule has 0 fully saturated rings. The van der Waals surface area contributed by atoms with Crippen LogP contribution in [0.5, 0.6) is 0 Å². The molecular formula is C4H4N4O. The number of fused-ring (bicyclic) bond motifs is 1. The van der Waals surface area contributed by atoms with Crippen LogP contribution in [-0.4, -0.2) is 20.7 Å². The van der Waals surface area contributed by atoms with Crippen molar-refractivity contribution in [3.8, 4) is 0 Å². The van der Waals surface area contributed by atoms with Crippen LogP contribution in [-0.2, 0) is 11.3 Å². The molecule has 0 aromatic carbocycles. The second kappa shape index (κ2) is 1.31. The predicted octanol–water partition coefficient (Wildman–Crippen LogP) is -0.770. The molecule has 0 radical (unpaired) electrons. The van der Waals surface area contributed by atoms with Gasteiger partial charge in [0.15, 0.2) is 0 Å². The van der Waals surface area contributed by atoms with Crippen molar-refractivity contribution in [3.63, 3.8) is 0 Å². The highest BCUT2D eigenvalue weighted by Gasteiger charge is 2.17. The lowest BCUT2D eigenvalue weighted by Crippen LogP contribution is -2.06. The van der Waals surface area contributed by atoms with E-state index >= 15 is 0 Å². The lowest BCUT2D eigenvalue weighted by atomic mass is 10.6. The standard InChI is InChI=1S/C4H4N4O/c9-3-1-8-2-5-7-4(8)6-3/h2H,1H2,(H,6,7,9). The van der Waals surface area contributed by atoms with Gasteiger partial charge in [-0.15, -0.1) is 10.2 Å². The van der Waals surface area contributed by atoms with Crippen LogP contribution in [0.3, 0.4) is 0 Å². The number of hydrogen-bond donors (Lipinski definition) is 1. The molecule has 1 aliphatic rings. The number of rotatable bonds is 0. The van der Waals surface area contributed by atoms with Gasteiger partial charge >= 0.3 is 0 Å². The van der Waals surface area contributed by atoms with E-state index in [2.05, 4.69) is 15.5 Å². The largest absolute Gasteiger partial charge is 0.293 e. The fraction of sp³-hybridized carbons (Fsp3) is 0.250. The van der Waals surface area contributed by atoms with Gasteiger partial charge in [0.25, 0.3) is 0 Å². The predicted molar refractivity (Wildman–Crippen MR) is 28.7 cm³/mol. The Bertz CT molecular complexity index is 230. The Hall–Kier alpha value is -1.39. The topological polar surface area (TPSA) is 59.8 Å². The third-order valence-corrected chi connectivity index (χ3v) is 1.18. The first-order chi connectivity index (χ1) is 4.36. The van der Waals surface area contributed by atoms with E-state index in [0.29, 0.717) is 12.5 Å². The zero-order valence-electron chi connectivity index (χ0n) is 4.53. The minimum absolute atomic E-state index is 0.0279. The van der Waals surface area contributed by atoms with Crippen LogP contribution in [0.4, 0.5) is 5.95 Å². The lowest BCUT2D eigenvalue weighted by molar-refractivity contribution is -0.115. The highest BCUT2D eigenvalue weighted by molar-refractivity contribution is 5.92. The summed E-state index contributed by atoms with van der Waals surface area (Å²) in [6.45, 7) is 0.350. The molecule has 1 aliphatic heterocycles. The molecule has 9 heavy (non-hydrogen) atoms. The van der Waals surface area contributed by atoms with Crippen LogP contribution in [0.25, 0.3) is 0 Å². The van der Waals surface area contributed by atoms with Crippen molar-refractivity contribution in [2.45, 2.75) is 6.54 Å². The van der Waals surface area contributed by atoms with Crippen LogP contribution in [0.2, 0.25) is 0 Å². The number of anilines is 1. The molecular weight excluding hydrogens is 120 g/mol. The van der Waals surface area contributed by atoms with Crippen LogP contribution in [0.15, 0.2) is 6.33 Å². The normalized spacial score (nSPS) is 15.3. The van der Waals surface area contributed by atoms with E-state index in [4.69, 9.17) is 0 Å². The average Bonchev–Trinajstić information content (AvgIpc) is 2.22. The van der Waals surface area contributed by atoms with Gasteiger partial charge in [-0.25, -0.2) is 0 Å². The maximum absolute atomic E-state index is 10.6. The summed E-state index contributed by atoms with van der Waals surface area (Å²) in [5.74, 6) is 0.514. The minimum Gasteiger partial charge on any atom is -0.293 e. The molecule has 1 aromatic heterocycles. The summed E-state index contributed by atoms with van der Waals surface area (Å²) in [7, 11) is 0.